The lowest BCUT2D eigenvalue weighted by Crippen LogP contribution is -2.49. The van der Waals surface area contributed by atoms with Crippen molar-refractivity contribution in [3.05, 3.63) is 22.7 Å². The fourth-order valence-corrected chi connectivity index (χ4v) is 2.90. The van der Waals surface area contributed by atoms with Crippen LogP contribution < -0.4 is 15.2 Å². The second-order valence-corrected chi connectivity index (χ2v) is 5.15. The van der Waals surface area contributed by atoms with Gasteiger partial charge in [-0.25, -0.2) is 0 Å². The molecule has 0 unspecified atom stereocenters. The number of nitrogens with two attached hydrogens (primary N) is 1. The fraction of sp³-hybridized carbons (Fsp3) is 0.500. The lowest BCUT2D eigenvalue weighted by Gasteiger charge is -2.45. The second kappa shape index (κ2) is 3.77. The first-order valence-corrected chi connectivity index (χ1v) is 6.00. The van der Waals surface area contributed by atoms with Crippen LogP contribution in [0, 0.1) is 0 Å². The normalized spacial score (nSPS) is 30.2. The SMILES string of the molecule is NCC1(c2cc(Cl)c3c(c2)OCO3)CC(O)C1. The summed E-state index contributed by atoms with van der Waals surface area (Å²) >= 11 is 6.15. The van der Waals surface area contributed by atoms with Gasteiger partial charge in [-0.05, 0) is 30.5 Å². The number of ether oxygens (including phenoxy) is 2. The van der Waals surface area contributed by atoms with Gasteiger partial charge in [-0.2, -0.15) is 0 Å². The van der Waals surface area contributed by atoms with E-state index in [0.717, 1.165) is 5.56 Å². The molecule has 1 aliphatic heterocycles. The summed E-state index contributed by atoms with van der Waals surface area (Å²) in [6.07, 6.45) is 1.10. The van der Waals surface area contributed by atoms with Crippen LogP contribution in [0.3, 0.4) is 0 Å². The van der Waals surface area contributed by atoms with Gasteiger partial charge in [0, 0.05) is 12.0 Å². The summed E-state index contributed by atoms with van der Waals surface area (Å²) in [6.45, 7) is 0.705. The Morgan fingerprint density at radius 2 is 2.18 bits per heavy atom. The Balaban J connectivity index is 2.01. The summed E-state index contributed by atoms with van der Waals surface area (Å²) in [4.78, 5) is 0. The Labute approximate surface area is 104 Å². The van der Waals surface area contributed by atoms with Crippen molar-refractivity contribution >= 4 is 11.6 Å². The molecule has 3 N–H and O–H groups in total. The van der Waals surface area contributed by atoms with Crippen molar-refractivity contribution < 1.29 is 14.6 Å². The van der Waals surface area contributed by atoms with E-state index in [1.807, 2.05) is 12.1 Å². The molecule has 1 aromatic rings. The number of benzene rings is 1. The Bertz CT molecular complexity index is 457. The Morgan fingerprint density at radius 1 is 1.41 bits per heavy atom. The van der Waals surface area contributed by atoms with Crippen LogP contribution in [0.1, 0.15) is 18.4 Å². The van der Waals surface area contributed by atoms with Gasteiger partial charge in [-0.15, -0.1) is 0 Å². The van der Waals surface area contributed by atoms with Crippen molar-refractivity contribution in [2.24, 2.45) is 5.73 Å². The molecule has 0 amide bonds. The van der Waals surface area contributed by atoms with E-state index in [1.165, 1.54) is 0 Å². The number of halogens is 1. The molecule has 0 aromatic heterocycles. The van der Waals surface area contributed by atoms with Gasteiger partial charge < -0.3 is 20.3 Å². The van der Waals surface area contributed by atoms with Crippen molar-refractivity contribution in [3.8, 4) is 11.5 Å². The number of fused-ring (bicyclic) bond motifs is 1. The van der Waals surface area contributed by atoms with Crippen molar-refractivity contribution in [2.45, 2.75) is 24.4 Å². The van der Waals surface area contributed by atoms with Crippen molar-refractivity contribution in [1.82, 2.24) is 0 Å². The summed E-state index contributed by atoms with van der Waals surface area (Å²) in [5.41, 5.74) is 6.70. The molecule has 1 aromatic carbocycles. The minimum absolute atomic E-state index is 0.163. The third-order valence-corrected chi connectivity index (χ3v) is 3.96. The molecule has 0 spiro atoms. The summed E-state index contributed by atoms with van der Waals surface area (Å²) in [6, 6.07) is 3.79. The molecule has 2 aliphatic rings. The van der Waals surface area contributed by atoms with Crippen molar-refractivity contribution in [1.29, 1.82) is 0 Å². The third kappa shape index (κ3) is 1.59. The van der Waals surface area contributed by atoms with E-state index in [2.05, 4.69) is 0 Å². The summed E-state index contributed by atoms with van der Waals surface area (Å²) in [5.74, 6) is 1.27. The molecule has 1 saturated carbocycles. The van der Waals surface area contributed by atoms with Crippen LogP contribution in [-0.2, 0) is 5.41 Å². The molecule has 1 fully saturated rings. The monoisotopic (exact) mass is 255 g/mol. The molecule has 0 atom stereocenters. The maximum atomic E-state index is 9.49. The van der Waals surface area contributed by atoms with Crippen LogP contribution in [0.5, 0.6) is 11.5 Å². The Hall–Kier alpha value is -0.970. The number of rotatable bonds is 2. The highest BCUT2D eigenvalue weighted by atomic mass is 35.5. The zero-order valence-electron chi connectivity index (χ0n) is 9.28. The minimum atomic E-state index is -0.261. The van der Waals surface area contributed by atoms with Gasteiger partial charge in [0.15, 0.2) is 11.5 Å². The average molecular weight is 256 g/mol. The molecule has 0 saturated heterocycles. The van der Waals surface area contributed by atoms with Gasteiger partial charge in [0.2, 0.25) is 6.79 Å². The molecule has 1 aliphatic carbocycles. The van der Waals surface area contributed by atoms with E-state index in [4.69, 9.17) is 26.8 Å². The second-order valence-electron chi connectivity index (χ2n) is 4.74. The topological polar surface area (TPSA) is 64.7 Å². The molecule has 17 heavy (non-hydrogen) atoms. The highest BCUT2D eigenvalue weighted by Gasteiger charge is 2.44. The van der Waals surface area contributed by atoms with Crippen LogP contribution >= 0.6 is 11.6 Å². The first kappa shape index (κ1) is 11.1. The van der Waals surface area contributed by atoms with Gasteiger partial charge in [0.1, 0.15) is 0 Å². The van der Waals surface area contributed by atoms with Crippen LogP contribution in [0.4, 0.5) is 0 Å². The molecule has 0 bridgehead atoms. The first-order chi connectivity index (χ1) is 8.14. The van der Waals surface area contributed by atoms with Crippen LogP contribution in [-0.4, -0.2) is 24.5 Å². The summed E-state index contributed by atoms with van der Waals surface area (Å²) in [5, 5.41) is 10.0. The zero-order valence-corrected chi connectivity index (χ0v) is 10.0. The van der Waals surface area contributed by atoms with Crippen LogP contribution in [0.25, 0.3) is 0 Å². The van der Waals surface area contributed by atoms with Gasteiger partial charge in [0.05, 0.1) is 11.1 Å². The largest absolute Gasteiger partial charge is 0.454 e. The van der Waals surface area contributed by atoms with Crippen LogP contribution in [0.15, 0.2) is 12.1 Å². The van der Waals surface area contributed by atoms with E-state index in [9.17, 15) is 5.11 Å². The van der Waals surface area contributed by atoms with Gasteiger partial charge >= 0.3 is 0 Å². The molecule has 0 radical (unpaired) electrons. The molecule has 92 valence electrons. The predicted octanol–water partition coefficient (Wildman–Crippen LogP) is 1.42. The Morgan fingerprint density at radius 3 is 2.82 bits per heavy atom. The van der Waals surface area contributed by atoms with E-state index in [0.29, 0.717) is 35.9 Å². The Kier molecular flexibility index (Phi) is 2.47. The highest BCUT2D eigenvalue weighted by molar-refractivity contribution is 6.32. The van der Waals surface area contributed by atoms with Crippen molar-refractivity contribution in [3.63, 3.8) is 0 Å². The number of aliphatic hydroxyl groups excluding tert-OH is 1. The molecular formula is C12H14ClNO3. The maximum Gasteiger partial charge on any atom is 0.231 e. The summed E-state index contributed by atoms with van der Waals surface area (Å²) < 4.78 is 10.6. The maximum absolute atomic E-state index is 9.49. The molecular weight excluding hydrogens is 242 g/mol. The lowest BCUT2D eigenvalue weighted by molar-refractivity contribution is 0.0221. The van der Waals surface area contributed by atoms with E-state index in [-0.39, 0.29) is 18.3 Å². The third-order valence-electron chi connectivity index (χ3n) is 3.68. The quantitative estimate of drug-likeness (QED) is 0.839. The molecule has 5 heteroatoms. The number of hydrogen-bond acceptors (Lipinski definition) is 4. The van der Waals surface area contributed by atoms with E-state index in [1.54, 1.807) is 0 Å². The smallest absolute Gasteiger partial charge is 0.231 e. The number of aliphatic hydroxyl groups is 1. The van der Waals surface area contributed by atoms with Gasteiger partial charge in [0.25, 0.3) is 0 Å². The molecule has 1 heterocycles. The molecule has 3 rings (SSSR count). The van der Waals surface area contributed by atoms with E-state index >= 15 is 0 Å². The summed E-state index contributed by atoms with van der Waals surface area (Å²) in [7, 11) is 0. The lowest BCUT2D eigenvalue weighted by atomic mass is 9.63. The highest BCUT2D eigenvalue weighted by Crippen LogP contribution is 2.48. The molecule has 4 nitrogen and oxygen atoms in total. The predicted molar refractivity (Wildman–Crippen MR) is 63.5 cm³/mol. The van der Waals surface area contributed by atoms with Crippen molar-refractivity contribution in [2.75, 3.05) is 13.3 Å². The fourth-order valence-electron chi connectivity index (χ4n) is 2.64. The van der Waals surface area contributed by atoms with Crippen LogP contribution in [0.2, 0.25) is 5.02 Å². The van der Waals surface area contributed by atoms with E-state index < -0.39 is 0 Å². The zero-order chi connectivity index (χ0) is 12.0. The number of hydrogen-bond donors (Lipinski definition) is 2. The first-order valence-electron chi connectivity index (χ1n) is 5.62. The average Bonchev–Trinajstić information content (AvgIpc) is 2.73. The van der Waals surface area contributed by atoms with Gasteiger partial charge in [-0.3, -0.25) is 0 Å². The minimum Gasteiger partial charge on any atom is -0.454 e. The standard InChI is InChI=1S/C12H14ClNO3/c13-9-1-7(2-10-11(9)17-6-16-10)12(5-14)3-8(15)4-12/h1-2,8,15H,3-6,14H2. The van der Waals surface area contributed by atoms with Gasteiger partial charge in [-0.1, -0.05) is 11.6 Å².